The van der Waals surface area contributed by atoms with Crippen molar-refractivity contribution in [2.24, 2.45) is 5.10 Å². The number of sulfonamides is 1. The molecule has 0 saturated carbocycles. The maximum absolute atomic E-state index is 12.1. The van der Waals surface area contributed by atoms with E-state index in [1.165, 1.54) is 0 Å². The van der Waals surface area contributed by atoms with E-state index in [1.54, 1.807) is 24.8 Å². The summed E-state index contributed by atoms with van der Waals surface area (Å²) in [6.07, 6.45) is 0.861. The zero-order valence-electron chi connectivity index (χ0n) is 10.4. The molecule has 0 aliphatic carbocycles. The van der Waals surface area contributed by atoms with Crippen molar-refractivity contribution in [1.29, 1.82) is 0 Å². The molecule has 0 amide bonds. The summed E-state index contributed by atoms with van der Waals surface area (Å²) >= 11 is 1.77. The lowest BCUT2D eigenvalue weighted by molar-refractivity contribution is 0.583. The molecule has 18 heavy (non-hydrogen) atoms. The number of benzene rings is 1. The molecule has 0 bridgehead atoms. The van der Waals surface area contributed by atoms with Gasteiger partial charge in [-0.15, -0.1) is 0 Å². The largest absolute Gasteiger partial charge is 0.276 e. The first-order chi connectivity index (χ1) is 8.49. The summed E-state index contributed by atoms with van der Waals surface area (Å²) in [6, 6.07) is 5.37. The first-order valence-corrected chi connectivity index (χ1v) is 8.35. The third kappa shape index (κ3) is 3.05. The van der Waals surface area contributed by atoms with Gasteiger partial charge in [0, 0.05) is 11.5 Å². The average molecular weight is 284 g/mol. The van der Waals surface area contributed by atoms with Crippen LogP contribution in [0.5, 0.6) is 0 Å². The molecule has 1 aliphatic rings. The summed E-state index contributed by atoms with van der Waals surface area (Å²) in [4.78, 5) is 2.64. The zero-order chi connectivity index (χ0) is 13.2. The highest BCUT2D eigenvalue weighted by Crippen LogP contribution is 2.17. The molecule has 1 heterocycles. The maximum atomic E-state index is 12.1. The van der Waals surface area contributed by atoms with E-state index in [-0.39, 0.29) is 0 Å². The van der Waals surface area contributed by atoms with Crippen LogP contribution in [0.3, 0.4) is 0 Å². The van der Waals surface area contributed by atoms with Gasteiger partial charge in [-0.2, -0.15) is 25.3 Å². The van der Waals surface area contributed by atoms with Crippen molar-refractivity contribution in [3.8, 4) is 0 Å². The highest BCUT2D eigenvalue weighted by Gasteiger charge is 2.17. The first kappa shape index (κ1) is 13.4. The first-order valence-electron chi connectivity index (χ1n) is 5.71. The molecule has 1 saturated heterocycles. The second kappa shape index (κ2) is 5.32. The minimum atomic E-state index is -3.55. The average Bonchev–Trinajstić information content (AvgIpc) is 2.83. The molecule has 98 valence electrons. The molecule has 4 nitrogen and oxygen atoms in total. The van der Waals surface area contributed by atoms with E-state index >= 15 is 0 Å². The highest BCUT2D eigenvalue weighted by atomic mass is 32.2. The molecule has 2 rings (SSSR count). The van der Waals surface area contributed by atoms with Crippen LogP contribution in [-0.4, -0.2) is 25.6 Å². The van der Waals surface area contributed by atoms with Crippen LogP contribution in [0.2, 0.25) is 0 Å². The normalized spacial score (nSPS) is 18.2. The molecule has 1 aromatic carbocycles. The number of thioether (sulfide) groups is 1. The van der Waals surface area contributed by atoms with E-state index in [0.29, 0.717) is 4.90 Å². The number of nitrogens with zero attached hydrogens (tertiary/aromatic N) is 1. The molecule has 0 spiro atoms. The molecule has 1 aliphatic heterocycles. The number of hydrogen-bond donors (Lipinski definition) is 1. The van der Waals surface area contributed by atoms with Crippen LogP contribution in [0.15, 0.2) is 28.2 Å². The maximum Gasteiger partial charge on any atom is 0.276 e. The summed E-state index contributed by atoms with van der Waals surface area (Å²) in [5.74, 6) is 1.83. The molecular formula is C12H16N2O2S2. The standard InChI is InChI=1S/C12H16N2O2S2/c1-9-3-4-10(2)12(7-9)18(15,16)14-13-11-5-6-17-8-11/h3-4,7,14H,5-6,8H2,1-2H3/b13-11+. The molecule has 1 fully saturated rings. The van der Waals surface area contributed by atoms with Crippen molar-refractivity contribution < 1.29 is 8.42 Å². The smallest absolute Gasteiger partial charge is 0.200 e. The van der Waals surface area contributed by atoms with Gasteiger partial charge >= 0.3 is 0 Å². The molecule has 0 radical (unpaired) electrons. The van der Waals surface area contributed by atoms with Crippen LogP contribution >= 0.6 is 11.8 Å². The van der Waals surface area contributed by atoms with Gasteiger partial charge in [-0.25, -0.2) is 4.83 Å². The molecule has 0 aromatic heterocycles. The van der Waals surface area contributed by atoms with Crippen LogP contribution in [-0.2, 0) is 10.0 Å². The van der Waals surface area contributed by atoms with Gasteiger partial charge in [0.15, 0.2) is 0 Å². The SMILES string of the molecule is Cc1ccc(C)c(S(=O)(=O)N/N=C2\CCSC2)c1. The van der Waals surface area contributed by atoms with Crippen LogP contribution in [0.25, 0.3) is 0 Å². The van der Waals surface area contributed by atoms with Crippen LogP contribution in [0.1, 0.15) is 17.5 Å². The fourth-order valence-electron chi connectivity index (χ4n) is 1.71. The second-order valence-electron chi connectivity index (χ2n) is 4.34. The number of hydrogen-bond acceptors (Lipinski definition) is 4. The van der Waals surface area contributed by atoms with E-state index in [9.17, 15) is 8.42 Å². The van der Waals surface area contributed by atoms with Gasteiger partial charge < -0.3 is 0 Å². The fourth-order valence-corrected chi connectivity index (χ4v) is 3.86. The number of nitrogens with one attached hydrogen (secondary N) is 1. The molecule has 1 N–H and O–H groups in total. The highest BCUT2D eigenvalue weighted by molar-refractivity contribution is 8.00. The Labute approximate surface area is 112 Å². The Bertz CT molecular complexity index is 572. The minimum Gasteiger partial charge on any atom is -0.200 e. The summed E-state index contributed by atoms with van der Waals surface area (Å²) in [7, 11) is -3.55. The molecule has 1 aromatic rings. The van der Waals surface area contributed by atoms with E-state index in [1.807, 2.05) is 19.1 Å². The summed E-state index contributed by atoms with van der Waals surface area (Å²) in [6.45, 7) is 3.66. The van der Waals surface area contributed by atoms with E-state index in [0.717, 1.165) is 34.8 Å². The molecule has 0 unspecified atom stereocenters. The Kier molecular flexibility index (Phi) is 3.97. The predicted octanol–water partition coefficient (Wildman–Crippen LogP) is 2.07. The monoisotopic (exact) mass is 284 g/mol. The quantitative estimate of drug-likeness (QED) is 0.865. The third-order valence-electron chi connectivity index (χ3n) is 2.76. The van der Waals surface area contributed by atoms with Gasteiger partial charge in [0.1, 0.15) is 0 Å². The van der Waals surface area contributed by atoms with Gasteiger partial charge in [-0.05, 0) is 43.2 Å². The topological polar surface area (TPSA) is 58.5 Å². The van der Waals surface area contributed by atoms with Gasteiger partial charge in [-0.1, -0.05) is 12.1 Å². The van der Waals surface area contributed by atoms with Crippen LogP contribution in [0, 0.1) is 13.8 Å². The summed E-state index contributed by atoms with van der Waals surface area (Å²) < 4.78 is 24.3. The van der Waals surface area contributed by atoms with Crippen molar-refractivity contribution in [2.45, 2.75) is 25.2 Å². The second-order valence-corrected chi connectivity index (χ2v) is 7.08. The van der Waals surface area contributed by atoms with Crippen molar-refractivity contribution in [2.75, 3.05) is 11.5 Å². The van der Waals surface area contributed by atoms with Gasteiger partial charge in [0.2, 0.25) is 0 Å². The van der Waals surface area contributed by atoms with Gasteiger partial charge in [-0.3, -0.25) is 0 Å². The van der Waals surface area contributed by atoms with Crippen molar-refractivity contribution in [3.05, 3.63) is 29.3 Å². The lowest BCUT2D eigenvalue weighted by Gasteiger charge is -2.08. The lowest BCUT2D eigenvalue weighted by Crippen LogP contribution is -2.21. The Hall–Kier alpha value is -1.01. The third-order valence-corrected chi connectivity index (χ3v) is 5.14. The van der Waals surface area contributed by atoms with Crippen molar-refractivity contribution in [3.63, 3.8) is 0 Å². The predicted molar refractivity (Wildman–Crippen MR) is 75.6 cm³/mol. The van der Waals surface area contributed by atoms with Gasteiger partial charge in [0.25, 0.3) is 10.0 Å². The zero-order valence-corrected chi connectivity index (χ0v) is 12.1. The van der Waals surface area contributed by atoms with E-state index in [2.05, 4.69) is 9.93 Å². The molecule has 6 heteroatoms. The Balaban J connectivity index is 2.25. The Morgan fingerprint density at radius 3 is 2.78 bits per heavy atom. The van der Waals surface area contributed by atoms with E-state index in [4.69, 9.17) is 0 Å². The van der Waals surface area contributed by atoms with Gasteiger partial charge in [0.05, 0.1) is 4.90 Å². The minimum absolute atomic E-state index is 0.303. The molecular weight excluding hydrogens is 268 g/mol. The Morgan fingerprint density at radius 1 is 1.33 bits per heavy atom. The number of hydrazone groups is 1. The number of aryl methyl sites for hydroxylation is 2. The van der Waals surface area contributed by atoms with Crippen LogP contribution in [0.4, 0.5) is 0 Å². The van der Waals surface area contributed by atoms with Crippen molar-refractivity contribution in [1.82, 2.24) is 4.83 Å². The Morgan fingerprint density at radius 2 is 2.11 bits per heavy atom. The molecule has 0 atom stereocenters. The summed E-state index contributed by atoms with van der Waals surface area (Å²) in [5, 5.41) is 4.00. The fraction of sp³-hybridized carbons (Fsp3) is 0.417. The van der Waals surface area contributed by atoms with E-state index < -0.39 is 10.0 Å². The van der Waals surface area contributed by atoms with Crippen molar-refractivity contribution >= 4 is 27.5 Å². The number of rotatable bonds is 3. The van der Waals surface area contributed by atoms with Crippen LogP contribution < -0.4 is 4.83 Å². The lowest BCUT2D eigenvalue weighted by atomic mass is 10.2. The summed E-state index contributed by atoms with van der Waals surface area (Å²) in [5.41, 5.74) is 2.56.